The maximum absolute atomic E-state index is 8.64. The molecule has 0 bridgehead atoms. The summed E-state index contributed by atoms with van der Waals surface area (Å²) in [7, 11) is 0. The monoisotopic (exact) mass is 263 g/mol. The largest absolute Gasteiger partial charge is 0.490 e. The SMILES string of the molecule is CC1(C)CCC(Oc2ccnc(/C(N)=N/O)c2)CC1. The molecule has 1 aromatic rings. The number of hydrogen-bond acceptors (Lipinski definition) is 4. The van der Waals surface area contributed by atoms with Gasteiger partial charge in [0.05, 0.1) is 6.10 Å². The van der Waals surface area contributed by atoms with Crippen LogP contribution in [0.15, 0.2) is 23.5 Å². The van der Waals surface area contributed by atoms with E-state index in [0.717, 1.165) is 18.6 Å². The smallest absolute Gasteiger partial charge is 0.188 e. The fourth-order valence-corrected chi connectivity index (χ4v) is 2.36. The Kier molecular flexibility index (Phi) is 3.93. The fraction of sp³-hybridized carbons (Fsp3) is 0.571. The van der Waals surface area contributed by atoms with Crippen molar-refractivity contribution >= 4 is 5.84 Å². The quantitative estimate of drug-likeness (QED) is 0.380. The van der Waals surface area contributed by atoms with Gasteiger partial charge < -0.3 is 15.7 Å². The average molecular weight is 263 g/mol. The van der Waals surface area contributed by atoms with Gasteiger partial charge in [0.1, 0.15) is 11.4 Å². The van der Waals surface area contributed by atoms with Crippen molar-refractivity contribution in [2.75, 3.05) is 0 Å². The summed E-state index contributed by atoms with van der Waals surface area (Å²) in [5, 5.41) is 11.6. The van der Waals surface area contributed by atoms with E-state index in [1.54, 1.807) is 18.3 Å². The molecule has 0 unspecified atom stereocenters. The van der Waals surface area contributed by atoms with Crippen molar-refractivity contribution in [2.45, 2.75) is 45.6 Å². The molecule has 5 nitrogen and oxygen atoms in total. The molecule has 0 radical (unpaired) electrons. The van der Waals surface area contributed by atoms with Gasteiger partial charge >= 0.3 is 0 Å². The lowest BCUT2D eigenvalue weighted by Gasteiger charge is -2.34. The summed E-state index contributed by atoms with van der Waals surface area (Å²) in [5.74, 6) is 0.719. The van der Waals surface area contributed by atoms with E-state index in [4.69, 9.17) is 15.7 Å². The number of nitrogens with zero attached hydrogens (tertiary/aromatic N) is 2. The molecule has 1 saturated carbocycles. The second-order valence-electron chi connectivity index (χ2n) is 5.84. The van der Waals surface area contributed by atoms with Gasteiger partial charge in [0, 0.05) is 12.3 Å². The van der Waals surface area contributed by atoms with Crippen LogP contribution in [0.3, 0.4) is 0 Å². The van der Waals surface area contributed by atoms with Gasteiger partial charge in [-0.1, -0.05) is 19.0 Å². The second-order valence-corrected chi connectivity index (χ2v) is 5.84. The molecule has 0 aromatic carbocycles. The second kappa shape index (κ2) is 5.47. The molecule has 0 spiro atoms. The lowest BCUT2D eigenvalue weighted by molar-refractivity contribution is 0.0987. The van der Waals surface area contributed by atoms with Crippen molar-refractivity contribution in [2.24, 2.45) is 16.3 Å². The Labute approximate surface area is 113 Å². The first kappa shape index (κ1) is 13.6. The van der Waals surface area contributed by atoms with Gasteiger partial charge in [-0.15, -0.1) is 0 Å². The fourth-order valence-electron chi connectivity index (χ4n) is 2.36. The standard InChI is InChI=1S/C14H21N3O2/c1-14(2)6-3-10(4-7-14)19-11-5-8-16-12(9-11)13(15)17-18/h5,8-10,18H,3-4,6-7H2,1-2H3,(H2,15,17). The summed E-state index contributed by atoms with van der Waals surface area (Å²) in [5.41, 5.74) is 6.37. The Morgan fingerprint density at radius 2 is 2.16 bits per heavy atom. The zero-order chi connectivity index (χ0) is 13.9. The van der Waals surface area contributed by atoms with Crippen LogP contribution in [0.25, 0.3) is 0 Å². The molecular weight excluding hydrogens is 242 g/mol. The minimum atomic E-state index is -0.00442. The first-order valence-electron chi connectivity index (χ1n) is 6.61. The first-order valence-corrected chi connectivity index (χ1v) is 6.61. The Hall–Kier alpha value is -1.78. The van der Waals surface area contributed by atoms with Crippen LogP contribution < -0.4 is 10.5 Å². The summed E-state index contributed by atoms with van der Waals surface area (Å²) >= 11 is 0. The first-order chi connectivity index (χ1) is 9.00. The summed E-state index contributed by atoms with van der Waals surface area (Å²) in [6.45, 7) is 4.60. The maximum atomic E-state index is 8.64. The third kappa shape index (κ3) is 3.59. The highest BCUT2D eigenvalue weighted by molar-refractivity contribution is 5.95. The summed E-state index contributed by atoms with van der Waals surface area (Å²) in [6.07, 6.45) is 6.33. The molecule has 104 valence electrons. The number of rotatable bonds is 3. The lowest BCUT2D eigenvalue weighted by Crippen LogP contribution is -2.28. The molecule has 19 heavy (non-hydrogen) atoms. The highest BCUT2D eigenvalue weighted by Crippen LogP contribution is 2.36. The summed E-state index contributed by atoms with van der Waals surface area (Å²) in [4.78, 5) is 4.03. The van der Waals surface area contributed by atoms with E-state index in [1.807, 2.05) is 0 Å². The van der Waals surface area contributed by atoms with E-state index in [9.17, 15) is 0 Å². The number of amidine groups is 1. The normalized spacial score (nSPS) is 20.2. The van der Waals surface area contributed by atoms with E-state index < -0.39 is 0 Å². The van der Waals surface area contributed by atoms with Crippen molar-refractivity contribution in [3.05, 3.63) is 24.0 Å². The molecule has 1 aliphatic rings. The van der Waals surface area contributed by atoms with Gasteiger partial charge in [0.15, 0.2) is 5.84 Å². The molecule has 0 amide bonds. The Morgan fingerprint density at radius 3 is 2.79 bits per heavy atom. The van der Waals surface area contributed by atoms with E-state index in [1.165, 1.54) is 12.8 Å². The van der Waals surface area contributed by atoms with Crippen LogP contribution in [0, 0.1) is 5.41 Å². The third-order valence-electron chi connectivity index (χ3n) is 3.69. The zero-order valence-electron chi connectivity index (χ0n) is 11.5. The van der Waals surface area contributed by atoms with Crippen molar-refractivity contribution in [3.8, 4) is 5.75 Å². The van der Waals surface area contributed by atoms with E-state index >= 15 is 0 Å². The number of aromatic nitrogens is 1. The highest BCUT2D eigenvalue weighted by atomic mass is 16.5. The average Bonchev–Trinajstić information content (AvgIpc) is 2.41. The number of nitrogens with two attached hydrogens (primary N) is 1. The van der Waals surface area contributed by atoms with Crippen LogP contribution >= 0.6 is 0 Å². The van der Waals surface area contributed by atoms with Crippen molar-refractivity contribution in [1.82, 2.24) is 4.98 Å². The Morgan fingerprint density at radius 1 is 1.47 bits per heavy atom. The molecule has 1 aromatic heterocycles. The summed E-state index contributed by atoms with van der Waals surface area (Å²) < 4.78 is 5.95. The van der Waals surface area contributed by atoms with Crippen LogP contribution in [-0.4, -0.2) is 22.1 Å². The van der Waals surface area contributed by atoms with Crippen LogP contribution in [-0.2, 0) is 0 Å². The minimum Gasteiger partial charge on any atom is -0.490 e. The molecule has 5 heteroatoms. The third-order valence-corrected chi connectivity index (χ3v) is 3.69. The van der Waals surface area contributed by atoms with E-state index in [0.29, 0.717) is 11.1 Å². The van der Waals surface area contributed by atoms with Crippen LogP contribution in [0.5, 0.6) is 5.75 Å². The predicted molar refractivity (Wildman–Crippen MR) is 73.4 cm³/mol. The molecular formula is C14H21N3O2. The lowest BCUT2D eigenvalue weighted by atomic mass is 9.76. The minimum absolute atomic E-state index is 0.00442. The van der Waals surface area contributed by atoms with Crippen LogP contribution in [0.1, 0.15) is 45.2 Å². The molecule has 0 atom stereocenters. The number of ether oxygens (including phenoxy) is 1. The molecule has 0 saturated heterocycles. The van der Waals surface area contributed by atoms with Crippen LogP contribution in [0.2, 0.25) is 0 Å². The van der Waals surface area contributed by atoms with Gasteiger partial charge in [-0.05, 0) is 37.2 Å². The molecule has 2 rings (SSSR count). The summed E-state index contributed by atoms with van der Waals surface area (Å²) in [6, 6.07) is 3.50. The number of pyridine rings is 1. The van der Waals surface area contributed by atoms with Crippen LogP contribution in [0.4, 0.5) is 0 Å². The molecule has 0 aliphatic heterocycles. The molecule has 1 fully saturated rings. The van der Waals surface area contributed by atoms with Crippen molar-refractivity contribution in [1.29, 1.82) is 0 Å². The van der Waals surface area contributed by atoms with Gasteiger partial charge in [0.2, 0.25) is 0 Å². The topological polar surface area (TPSA) is 80.7 Å². The van der Waals surface area contributed by atoms with Gasteiger partial charge in [-0.3, -0.25) is 4.98 Å². The molecule has 1 heterocycles. The Balaban J connectivity index is 2.00. The van der Waals surface area contributed by atoms with Crippen molar-refractivity contribution in [3.63, 3.8) is 0 Å². The van der Waals surface area contributed by atoms with E-state index in [2.05, 4.69) is 24.0 Å². The zero-order valence-corrected chi connectivity index (χ0v) is 11.5. The van der Waals surface area contributed by atoms with E-state index in [-0.39, 0.29) is 11.9 Å². The van der Waals surface area contributed by atoms with Gasteiger partial charge in [-0.2, -0.15) is 0 Å². The highest BCUT2D eigenvalue weighted by Gasteiger charge is 2.27. The number of hydrogen-bond donors (Lipinski definition) is 2. The van der Waals surface area contributed by atoms with Crippen molar-refractivity contribution < 1.29 is 9.94 Å². The molecule has 1 aliphatic carbocycles. The number of oxime groups is 1. The molecule has 3 N–H and O–H groups in total. The van der Waals surface area contributed by atoms with Gasteiger partial charge in [0.25, 0.3) is 0 Å². The maximum Gasteiger partial charge on any atom is 0.188 e. The Bertz CT molecular complexity index is 462. The van der Waals surface area contributed by atoms with Gasteiger partial charge in [-0.25, -0.2) is 0 Å². The predicted octanol–water partition coefficient (Wildman–Crippen LogP) is 2.52.